The SMILES string of the molecule is CC(C(=O)Nc1ccc2c(c1)C(=O)N(C1CC(=O)NC1=O)C2=O)S(=O)(=O)c1ccc(F)cc1. The van der Waals surface area contributed by atoms with E-state index in [1.54, 1.807) is 0 Å². The zero-order chi connectivity index (χ0) is 24.1. The van der Waals surface area contributed by atoms with Crippen LogP contribution in [0.2, 0.25) is 0 Å². The average Bonchev–Trinajstić information content (AvgIpc) is 3.22. The van der Waals surface area contributed by atoms with Crippen molar-refractivity contribution in [2.45, 2.75) is 29.5 Å². The van der Waals surface area contributed by atoms with Crippen molar-refractivity contribution in [2.75, 3.05) is 5.32 Å². The second-order valence-electron chi connectivity index (χ2n) is 7.50. The quantitative estimate of drug-likeness (QED) is 0.478. The van der Waals surface area contributed by atoms with E-state index in [1.807, 2.05) is 5.32 Å². The summed E-state index contributed by atoms with van der Waals surface area (Å²) in [5.41, 5.74) is -0.0639. The van der Waals surface area contributed by atoms with Gasteiger partial charge in [-0.3, -0.25) is 34.2 Å². The fourth-order valence-corrected chi connectivity index (χ4v) is 4.85. The Balaban J connectivity index is 1.55. The summed E-state index contributed by atoms with van der Waals surface area (Å²) in [6.45, 7) is 1.16. The smallest absolute Gasteiger partial charge is 0.262 e. The van der Waals surface area contributed by atoms with Crippen LogP contribution in [0.1, 0.15) is 34.1 Å². The molecule has 170 valence electrons. The third kappa shape index (κ3) is 3.78. The molecule has 2 unspecified atom stereocenters. The Bertz CT molecular complexity index is 1340. The van der Waals surface area contributed by atoms with Crippen molar-refractivity contribution in [1.82, 2.24) is 10.2 Å². The number of hydrogen-bond acceptors (Lipinski definition) is 7. The highest BCUT2D eigenvalue weighted by atomic mass is 32.2. The van der Waals surface area contributed by atoms with Gasteiger partial charge in [0.05, 0.1) is 22.4 Å². The molecule has 2 aromatic carbocycles. The molecule has 0 spiro atoms. The fourth-order valence-electron chi connectivity index (χ4n) is 3.58. The maximum atomic E-state index is 13.1. The number of carbonyl (C=O) groups excluding carboxylic acids is 5. The minimum Gasteiger partial charge on any atom is -0.325 e. The van der Waals surface area contributed by atoms with E-state index in [9.17, 15) is 36.8 Å². The van der Waals surface area contributed by atoms with Gasteiger partial charge in [-0.15, -0.1) is 0 Å². The topological polar surface area (TPSA) is 147 Å². The summed E-state index contributed by atoms with van der Waals surface area (Å²) < 4.78 is 38.4. The van der Waals surface area contributed by atoms with Crippen LogP contribution in [-0.4, -0.2) is 54.1 Å². The summed E-state index contributed by atoms with van der Waals surface area (Å²) in [5.74, 6) is -4.47. The number of halogens is 1. The number of rotatable bonds is 5. The highest BCUT2D eigenvalue weighted by Gasteiger charge is 2.46. The Morgan fingerprint density at radius 3 is 2.30 bits per heavy atom. The number of imide groups is 2. The lowest BCUT2D eigenvalue weighted by Gasteiger charge is -2.18. The lowest BCUT2D eigenvalue weighted by atomic mass is 10.1. The number of nitrogens with zero attached hydrogens (tertiary/aromatic N) is 1. The van der Waals surface area contributed by atoms with E-state index >= 15 is 0 Å². The van der Waals surface area contributed by atoms with Gasteiger partial charge in [-0.2, -0.15) is 0 Å². The number of anilines is 1. The van der Waals surface area contributed by atoms with Crippen LogP contribution in [0, 0.1) is 5.82 Å². The molecule has 4 rings (SSSR count). The molecule has 1 fully saturated rings. The lowest BCUT2D eigenvalue weighted by molar-refractivity contribution is -0.126. The predicted octanol–water partition coefficient (Wildman–Crippen LogP) is 0.638. The fraction of sp³-hybridized carbons (Fsp3) is 0.190. The molecule has 2 N–H and O–H groups in total. The molecule has 0 aromatic heterocycles. The molecule has 10 nitrogen and oxygen atoms in total. The normalized spacial score (nSPS) is 18.8. The largest absolute Gasteiger partial charge is 0.325 e. The van der Waals surface area contributed by atoms with E-state index < -0.39 is 56.5 Å². The second kappa shape index (κ2) is 7.89. The second-order valence-corrected chi connectivity index (χ2v) is 9.77. The molecule has 12 heteroatoms. The summed E-state index contributed by atoms with van der Waals surface area (Å²) in [6.07, 6.45) is -0.341. The van der Waals surface area contributed by atoms with Crippen LogP contribution in [0.25, 0.3) is 0 Å². The molecule has 33 heavy (non-hydrogen) atoms. The van der Waals surface area contributed by atoms with Gasteiger partial charge in [0.2, 0.25) is 17.7 Å². The predicted molar refractivity (Wildman–Crippen MR) is 110 cm³/mol. The van der Waals surface area contributed by atoms with E-state index in [0.29, 0.717) is 4.90 Å². The molecule has 0 bridgehead atoms. The van der Waals surface area contributed by atoms with Crippen molar-refractivity contribution in [3.05, 3.63) is 59.4 Å². The zero-order valence-electron chi connectivity index (χ0n) is 17.0. The van der Waals surface area contributed by atoms with Crippen molar-refractivity contribution < 1.29 is 36.8 Å². The summed E-state index contributed by atoms with van der Waals surface area (Å²) in [6, 6.07) is 6.53. The van der Waals surface area contributed by atoms with Crippen molar-refractivity contribution in [2.24, 2.45) is 0 Å². The first-order valence-corrected chi connectivity index (χ1v) is 11.2. The standard InChI is InChI=1S/C21H16FN3O7S/c1-10(33(31,32)13-5-2-11(22)3-6-13)18(27)23-12-4-7-14-15(8-12)21(30)25(20(14)29)16-9-17(26)24-19(16)28/h2-8,10,16H,9H2,1H3,(H,23,27)(H,24,26,28). The van der Waals surface area contributed by atoms with Crippen molar-refractivity contribution in [1.29, 1.82) is 0 Å². The minimum absolute atomic E-state index is 0.0165. The zero-order valence-corrected chi connectivity index (χ0v) is 17.8. The molecule has 2 atom stereocenters. The van der Waals surface area contributed by atoms with Gasteiger partial charge in [0.1, 0.15) is 17.1 Å². The highest BCUT2D eigenvalue weighted by molar-refractivity contribution is 7.92. The van der Waals surface area contributed by atoms with E-state index in [4.69, 9.17) is 0 Å². The molecule has 2 aliphatic rings. The maximum absolute atomic E-state index is 13.1. The summed E-state index contributed by atoms with van der Waals surface area (Å²) in [4.78, 5) is 61.8. The summed E-state index contributed by atoms with van der Waals surface area (Å²) in [7, 11) is -4.12. The first-order chi connectivity index (χ1) is 15.5. The molecule has 0 aliphatic carbocycles. The first-order valence-electron chi connectivity index (χ1n) is 9.66. The monoisotopic (exact) mass is 473 g/mol. The Kier molecular flexibility index (Phi) is 5.32. The Labute approximate surface area is 186 Å². The molecular weight excluding hydrogens is 457 g/mol. The van der Waals surface area contributed by atoms with Gasteiger partial charge in [-0.25, -0.2) is 12.8 Å². The van der Waals surface area contributed by atoms with Gasteiger partial charge in [0.25, 0.3) is 11.8 Å². The van der Waals surface area contributed by atoms with Crippen molar-refractivity contribution in [3.8, 4) is 0 Å². The average molecular weight is 473 g/mol. The third-order valence-corrected chi connectivity index (χ3v) is 7.49. The minimum atomic E-state index is -4.12. The van der Waals surface area contributed by atoms with Crippen LogP contribution in [-0.2, 0) is 24.2 Å². The van der Waals surface area contributed by atoms with Crippen LogP contribution in [0.3, 0.4) is 0 Å². The lowest BCUT2D eigenvalue weighted by Crippen LogP contribution is -2.44. The van der Waals surface area contributed by atoms with Gasteiger partial charge >= 0.3 is 0 Å². The molecule has 1 saturated heterocycles. The van der Waals surface area contributed by atoms with Crippen LogP contribution in [0.4, 0.5) is 10.1 Å². The molecule has 0 radical (unpaired) electrons. The van der Waals surface area contributed by atoms with Gasteiger partial charge in [-0.1, -0.05) is 0 Å². The van der Waals surface area contributed by atoms with Crippen molar-refractivity contribution in [3.63, 3.8) is 0 Å². The van der Waals surface area contributed by atoms with E-state index in [2.05, 4.69) is 5.32 Å². The number of carbonyl (C=O) groups is 5. The molecule has 2 aromatic rings. The van der Waals surface area contributed by atoms with E-state index in [0.717, 1.165) is 31.2 Å². The molecule has 2 aliphatic heterocycles. The first kappa shape index (κ1) is 22.3. The Hall–Kier alpha value is -3.93. The Morgan fingerprint density at radius 1 is 1.06 bits per heavy atom. The van der Waals surface area contributed by atoms with Gasteiger partial charge in [0.15, 0.2) is 9.84 Å². The number of fused-ring (bicyclic) bond motifs is 1. The molecule has 0 saturated carbocycles. The molecule has 2 heterocycles. The number of benzene rings is 2. The number of amides is 5. The van der Waals surface area contributed by atoms with E-state index in [1.165, 1.54) is 18.2 Å². The third-order valence-electron chi connectivity index (χ3n) is 5.42. The number of hydrogen-bond donors (Lipinski definition) is 2. The molecular formula is C21H16FN3O7S. The van der Waals surface area contributed by atoms with Crippen LogP contribution >= 0.6 is 0 Å². The van der Waals surface area contributed by atoms with Crippen LogP contribution in [0.5, 0.6) is 0 Å². The number of nitrogens with one attached hydrogen (secondary N) is 2. The highest BCUT2D eigenvalue weighted by Crippen LogP contribution is 2.29. The van der Waals surface area contributed by atoms with Crippen LogP contribution in [0.15, 0.2) is 47.4 Å². The van der Waals surface area contributed by atoms with Gasteiger partial charge in [0, 0.05) is 5.69 Å². The molecule has 5 amide bonds. The number of sulfone groups is 1. The van der Waals surface area contributed by atoms with Gasteiger partial charge in [-0.05, 0) is 49.4 Å². The van der Waals surface area contributed by atoms with Gasteiger partial charge < -0.3 is 5.32 Å². The Morgan fingerprint density at radius 2 is 1.70 bits per heavy atom. The van der Waals surface area contributed by atoms with Crippen molar-refractivity contribution >= 4 is 45.1 Å². The van der Waals surface area contributed by atoms with E-state index in [-0.39, 0.29) is 28.1 Å². The maximum Gasteiger partial charge on any atom is 0.262 e. The summed E-state index contributed by atoms with van der Waals surface area (Å²) >= 11 is 0. The summed E-state index contributed by atoms with van der Waals surface area (Å²) in [5, 5.41) is 2.88. The van der Waals surface area contributed by atoms with Crippen LogP contribution < -0.4 is 10.6 Å².